The maximum Gasteiger partial charge on any atom is 0.270 e. The molecule has 3 aromatic rings. The molecule has 3 heterocycles. The molecule has 0 radical (unpaired) electrons. The molecule has 1 aliphatic carbocycles. The van der Waals surface area contributed by atoms with Gasteiger partial charge in [-0.1, -0.05) is 19.8 Å². The van der Waals surface area contributed by atoms with Crippen molar-refractivity contribution in [3.8, 4) is 11.1 Å². The van der Waals surface area contributed by atoms with E-state index < -0.39 is 6.04 Å². The highest BCUT2D eigenvalue weighted by Crippen LogP contribution is 2.31. The van der Waals surface area contributed by atoms with Gasteiger partial charge in [0.25, 0.3) is 5.91 Å². The van der Waals surface area contributed by atoms with Crippen LogP contribution < -0.4 is 15.4 Å². The highest BCUT2D eigenvalue weighted by atomic mass is 16.5. The number of rotatable bonds is 7. The second-order valence-corrected chi connectivity index (χ2v) is 9.78. The average molecular weight is 491 g/mol. The van der Waals surface area contributed by atoms with E-state index in [1.54, 1.807) is 29.2 Å². The van der Waals surface area contributed by atoms with Gasteiger partial charge in [-0.25, -0.2) is 4.98 Å². The summed E-state index contributed by atoms with van der Waals surface area (Å²) in [6.07, 6.45) is 10.2. The van der Waals surface area contributed by atoms with Crippen LogP contribution in [0.3, 0.4) is 0 Å². The largest absolute Gasteiger partial charge is 0.619 e. The van der Waals surface area contributed by atoms with Gasteiger partial charge in [-0.3, -0.25) is 14.3 Å². The quantitative estimate of drug-likeness (QED) is 0.386. The van der Waals surface area contributed by atoms with Gasteiger partial charge in [0, 0.05) is 41.2 Å². The molecule has 0 aromatic carbocycles. The molecule has 1 aliphatic rings. The molecule has 3 aromatic heterocycles. The fraction of sp³-hybridized carbons (Fsp3) is 0.444. The molecule has 9 heteroatoms. The monoisotopic (exact) mass is 490 g/mol. The van der Waals surface area contributed by atoms with Gasteiger partial charge in [0.05, 0.1) is 0 Å². The first-order valence-electron chi connectivity index (χ1n) is 12.6. The van der Waals surface area contributed by atoms with E-state index in [1.807, 2.05) is 26.8 Å². The van der Waals surface area contributed by atoms with Crippen molar-refractivity contribution in [1.82, 2.24) is 20.1 Å². The average Bonchev–Trinajstić information content (AvgIpc) is 3.33. The number of carbonyl (C=O) groups excluding carboxylic acids is 2. The predicted molar refractivity (Wildman–Crippen MR) is 137 cm³/mol. The molecular formula is C27H34N6O3. The molecule has 1 fully saturated rings. The number of carbonyl (C=O) groups is 2. The number of hydrogen-bond acceptors (Lipinski definition) is 5. The fourth-order valence-corrected chi connectivity index (χ4v) is 5.14. The van der Waals surface area contributed by atoms with Crippen molar-refractivity contribution in [2.75, 3.05) is 5.32 Å². The summed E-state index contributed by atoms with van der Waals surface area (Å²) < 4.78 is 2.42. The maximum absolute atomic E-state index is 13.4. The van der Waals surface area contributed by atoms with Crippen molar-refractivity contribution in [3.63, 3.8) is 0 Å². The van der Waals surface area contributed by atoms with E-state index in [2.05, 4.69) is 27.6 Å². The third-order valence-corrected chi connectivity index (χ3v) is 7.08. The number of anilines is 1. The Labute approximate surface area is 211 Å². The number of amides is 2. The van der Waals surface area contributed by atoms with Crippen LogP contribution in [0.2, 0.25) is 0 Å². The summed E-state index contributed by atoms with van der Waals surface area (Å²) in [4.78, 5) is 30.9. The second-order valence-electron chi connectivity index (χ2n) is 9.78. The van der Waals surface area contributed by atoms with Gasteiger partial charge in [0.1, 0.15) is 17.6 Å². The summed E-state index contributed by atoms with van der Waals surface area (Å²) in [5.74, 6) is 0.511. The zero-order valence-corrected chi connectivity index (χ0v) is 21.3. The van der Waals surface area contributed by atoms with Crippen molar-refractivity contribution in [1.29, 1.82) is 0 Å². The Hall–Kier alpha value is -3.75. The van der Waals surface area contributed by atoms with Crippen LogP contribution in [0.25, 0.3) is 11.1 Å². The van der Waals surface area contributed by atoms with E-state index in [9.17, 15) is 14.8 Å². The molecule has 1 saturated carbocycles. The molecule has 190 valence electrons. The number of nitrogens with zero attached hydrogens (tertiary/aromatic N) is 4. The van der Waals surface area contributed by atoms with Gasteiger partial charge in [-0.15, -0.1) is 0 Å². The minimum atomic E-state index is -0.669. The minimum absolute atomic E-state index is 0.0517. The molecular weight excluding hydrogens is 456 g/mol. The van der Waals surface area contributed by atoms with E-state index in [-0.39, 0.29) is 17.7 Å². The van der Waals surface area contributed by atoms with Crippen molar-refractivity contribution in [2.45, 2.75) is 66.0 Å². The number of aryl methyl sites for hydroxylation is 3. The summed E-state index contributed by atoms with van der Waals surface area (Å²) in [6, 6.07) is 4.62. The lowest BCUT2D eigenvalue weighted by Gasteiger charge is -2.32. The number of hydrogen-bond donors (Lipinski definition) is 2. The zero-order valence-electron chi connectivity index (χ0n) is 21.3. The minimum Gasteiger partial charge on any atom is -0.619 e. The van der Waals surface area contributed by atoms with Crippen LogP contribution in [0.4, 0.5) is 5.82 Å². The zero-order chi connectivity index (χ0) is 25.8. The van der Waals surface area contributed by atoms with Gasteiger partial charge in [0.2, 0.25) is 5.91 Å². The van der Waals surface area contributed by atoms with Crippen LogP contribution >= 0.6 is 0 Å². The molecule has 0 saturated heterocycles. The van der Waals surface area contributed by atoms with Gasteiger partial charge in [-0.05, 0) is 63.6 Å². The number of aromatic nitrogens is 4. The van der Waals surface area contributed by atoms with Crippen molar-refractivity contribution >= 4 is 17.6 Å². The molecule has 2 N–H and O–H groups in total. The Bertz CT molecular complexity index is 1210. The summed E-state index contributed by atoms with van der Waals surface area (Å²) in [7, 11) is 0. The first-order chi connectivity index (χ1) is 17.3. The topological polar surface area (TPSA) is 116 Å². The Morgan fingerprint density at radius 2 is 1.83 bits per heavy atom. The van der Waals surface area contributed by atoms with Crippen LogP contribution in [0.15, 0.2) is 43.0 Å². The lowest BCUT2D eigenvalue weighted by atomic mass is 9.79. The number of pyridine rings is 2. The highest BCUT2D eigenvalue weighted by molar-refractivity contribution is 6.00. The molecule has 9 nitrogen and oxygen atoms in total. The molecule has 0 unspecified atom stereocenters. The Morgan fingerprint density at radius 3 is 2.44 bits per heavy atom. The van der Waals surface area contributed by atoms with Gasteiger partial charge in [-0.2, -0.15) is 9.83 Å². The molecule has 0 aliphatic heterocycles. The summed E-state index contributed by atoms with van der Waals surface area (Å²) in [6.45, 7) is 8.48. The van der Waals surface area contributed by atoms with E-state index in [0.717, 1.165) is 52.7 Å². The van der Waals surface area contributed by atoms with E-state index in [1.165, 1.54) is 12.4 Å². The lowest BCUT2D eigenvalue weighted by Crippen LogP contribution is -2.49. The van der Waals surface area contributed by atoms with Crippen LogP contribution in [0.1, 0.15) is 61.1 Å². The van der Waals surface area contributed by atoms with Crippen LogP contribution in [0.5, 0.6) is 0 Å². The van der Waals surface area contributed by atoms with Crippen LogP contribution in [-0.4, -0.2) is 32.6 Å². The van der Waals surface area contributed by atoms with Gasteiger partial charge < -0.3 is 15.8 Å². The molecule has 1 atom stereocenters. The first-order valence-corrected chi connectivity index (χ1v) is 12.6. The molecule has 0 bridgehead atoms. The SMILES string of the molecule is CCn1nccc1C(=O)N[C@H](C(=O)Nc1ccc(-c2c(C)c[n+]([O-])cc2C)cn1)C1CCC(C)CC1. The molecule has 0 spiro atoms. The highest BCUT2D eigenvalue weighted by Gasteiger charge is 2.33. The standard InChI is InChI=1S/C27H34N6O3/c1-5-33-22(12-13-29-33)26(34)31-25(20-8-6-17(2)7-9-20)27(35)30-23-11-10-21(14-28-23)24-18(3)15-32(36)16-19(24)4/h10-17,20,25H,5-9H2,1-4H3,(H,31,34)(H,28,30,35)/t17?,20?,25-/m0/s1. The predicted octanol–water partition coefficient (Wildman–Crippen LogP) is 3.78. The van der Waals surface area contributed by atoms with Gasteiger partial charge >= 0.3 is 0 Å². The smallest absolute Gasteiger partial charge is 0.270 e. The molecule has 36 heavy (non-hydrogen) atoms. The lowest BCUT2D eigenvalue weighted by molar-refractivity contribution is -0.606. The summed E-state index contributed by atoms with van der Waals surface area (Å²) in [5.41, 5.74) is 3.95. The first kappa shape index (κ1) is 25.3. The summed E-state index contributed by atoms with van der Waals surface area (Å²) >= 11 is 0. The van der Waals surface area contributed by atoms with Crippen molar-refractivity contribution < 1.29 is 14.3 Å². The van der Waals surface area contributed by atoms with E-state index in [4.69, 9.17) is 0 Å². The van der Waals surface area contributed by atoms with E-state index in [0.29, 0.717) is 24.0 Å². The maximum atomic E-state index is 13.4. The fourth-order valence-electron chi connectivity index (χ4n) is 5.14. The molecule has 4 rings (SSSR count). The van der Waals surface area contributed by atoms with Crippen LogP contribution in [-0.2, 0) is 11.3 Å². The third-order valence-electron chi connectivity index (χ3n) is 7.08. The van der Waals surface area contributed by atoms with E-state index >= 15 is 0 Å². The Balaban J connectivity index is 1.52. The normalized spacial score (nSPS) is 18.4. The number of nitrogens with one attached hydrogen (secondary N) is 2. The summed E-state index contributed by atoms with van der Waals surface area (Å²) in [5, 5.41) is 21.8. The Morgan fingerprint density at radius 1 is 1.14 bits per heavy atom. The van der Waals surface area contributed by atoms with Gasteiger partial charge in [0.15, 0.2) is 12.4 Å². The van der Waals surface area contributed by atoms with Crippen LogP contribution in [0, 0.1) is 30.9 Å². The van der Waals surface area contributed by atoms with Crippen molar-refractivity contribution in [3.05, 3.63) is 65.0 Å². The third kappa shape index (κ3) is 5.56. The van der Waals surface area contributed by atoms with Crippen molar-refractivity contribution in [2.24, 2.45) is 11.8 Å². The molecule has 2 amide bonds. The second kappa shape index (κ2) is 10.9. The Kier molecular flexibility index (Phi) is 7.67.